The molecule has 0 radical (unpaired) electrons. The van der Waals surface area contributed by atoms with Crippen molar-refractivity contribution in [1.29, 1.82) is 0 Å². The smallest absolute Gasteiger partial charge is 0.302 e. The minimum atomic E-state index is -0.576. The molecule has 2 spiro atoms. The predicted octanol–water partition coefficient (Wildman–Crippen LogP) is 8.49. The van der Waals surface area contributed by atoms with Crippen molar-refractivity contribution in [3.8, 4) is 11.5 Å². The fraction of sp³-hybridized carbons (Fsp3) is 0.706. The number of dihydropyridines is 1. The number of guanidine groups is 1. The van der Waals surface area contributed by atoms with E-state index in [1.807, 2.05) is 27.8 Å². The van der Waals surface area contributed by atoms with Crippen molar-refractivity contribution in [3.63, 3.8) is 0 Å². The molecule has 1 saturated heterocycles. The SMILES string of the molecule is CC(=O)OC1CCc2cc(c(O)c3c2C=CC2CCCC2O3)CN2CC(CC3=CCNC(N)=C3)(CCN=C(N)NC3(CCCC34CCCC4)SSC3CCC(CCC(O)C1)CC3)CC2=O. The van der Waals surface area contributed by atoms with Crippen molar-refractivity contribution < 1.29 is 29.3 Å². The Morgan fingerprint density at radius 3 is 2.60 bits per heavy atom. The molecule has 6 unspecified atom stereocenters. The van der Waals surface area contributed by atoms with Gasteiger partial charge < -0.3 is 46.7 Å². The molecule has 12 nitrogen and oxygen atoms in total. The highest BCUT2D eigenvalue weighted by molar-refractivity contribution is 8.77. The average Bonchev–Trinajstić information content (AvgIpc) is 4.05. The Hall–Kier alpha value is -3.49. The number of nitrogens with two attached hydrogens (primary N) is 2. The molecule has 5 heterocycles. The lowest BCUT2D eigenvalue weighted by molar-refractivity contribution is -0.148. The van der Waals surface area contributed by atoms with Gasteiger partial charge in [-0.25, -0.2) is 0 Å². The number of amides is 1. The number of aliphatic hydroxyl groups excluding tert-OH is 1. The minimum absolute atomic E-state index is 0.0265. The van der Waals surface area contributed by atoms with Gasteiger partial charge in [0.1, 0.15) is 17.1 Å². The average molecular weight is 931 g/mol. The van der Waals surface area contributed by atoms with Crippen LogP contribution in [0.5, 0.6) is 11.5 Å². The molecule has 356 valence electrons. The number of ether oxygens (including phenoxy) is 2. The van der Waals surface area contributed by atoms with E-state index in [2.05, 4.69) is 39.7 Å². The monoisotopic (exact) mass is 931 g/mol. The van der Waals surface area contributed by atoms with E-state index in [9.17, 15) is 19.8 Å². The molecule has 8 N–H and O–H groups in total. The van der Waals surface area contributed by atoms with Crippen molar-refractivity contribution >= 4 is 45.5 Å². The van der Waals surface area contributed by atoms with Crippen LogP contribution in [0, 0.1) is 22.7 Å². The molecule has 10 rings (SSSR count). The summed E-state index contributed by atoms with van der Waals surface area (Å²) in [5, 5.41) is 31.2. The summed E-state index contributed by atoms with van der Waals surface area (Å²) in [6, 6.07) is 2.03. The first-order valence-corrected chi connectivity index (χ1v) is 27.3. The molecule has 6 bridgehead atoms. The molecule has 4 saturated carbocycles. The normalized spacial score (nSPS) is 34.4. The summed E-state index contributed by atoms with van der Waals surface area (Å²) in [6.07, 6.45) is 28.4. The third kappa shape index (κ3) is 10.5. The summed E-state index contributed by atoms with van der Waals surface area (Å²) >= 11 is 0. The Kier molecular flexibility index (Phi) is 14.3. The van der Waals surface area contributed by atoms with E-state index >= 15 is 0 Å². The fourth-order valence-corrected chi connectivity index (χ4v) is 17.1. The number of nitrogens with one attached hydrogen (secondary N) is 2. The second-order valence-corrected chi connectivity index (χ2v) is 23.9. The van der Waals surface area contributed by atoms with Crippen molar-refractivity contribution in [1.82, 2.24) is 15.5 Å². The number of aryl methyl sites for hydroxylation is 1. The largest absolute Gasteiger partial charge is 0.504 e. The molecular formula is C51H74N6O6S2. The van der Waals surface area contributed by atoms with Crippen LogP contribution in [0.15, 0.2) is 40.7 Å². The van der Waals surface area contributed by atoms with Crippen LogP contribution in [-0.4, -0.2) is 81.0 Å². The summed E-state index contributed by atoms with van der Waals surface area (Å²) in [4.78, 5) is 33.6. The number of aliphatic hydroxyl groups is 1. The van der Waals surface area contributed by atoms with Gasteiger partial charge in [-0.2, -0.15) is 0 Å². The van der Waals surface area contributed by atoms with Gasteiger partial charge >= 0.3 is 5.97 Å². The zero-order valence-corrected chi connectivity index (χ0v) is 40.3. The summed E-state index contributed by atoms with van der Waals surface area (Å²) in [5.41, 5.74) is 16.6. The Bertz CT molecular complexity index is 2040. The number of carbonyl (C=O) groups excluding carboxylic acids is 2. The lowest BCUT2D eigenvalue weighted by Gasteiger charge is -2.45. The predicted molar refractivity (Wildman–Crippen MR) is 261 cm³/mol. The molecule has 14 heteroatoms. The number of carbonyl (C=O) groups is 2. The number of hydrogen-bond donors (Lipinski definition) is 6. The number of phenolic OH excluding ortho intramolecular Hbond substituents is 1. The van der Waals surface area contributed by atoms with Gasteiger partial charge in [-0.05, 0) is 145 Å². The fourth-order valence-electron chi connectivity index (χ4n) is 13.1. The first kappa shape index (κ1) is 46.6. The van der Waals surface area contributed by atoms with Crippen LogP contribution in [0.3, 0.4) is 0 Å². The van der Waals surface area contributed by atoms with Crippen LogP contribution in [0.4, 0.5) is 0 Å². The first-order chi connectivity index (χ1) is 31.4. The van der Waals surface area contributed by atoms with Gasteiger partial charge in [0, 0.05) is 79.1 Å². The van der Waals surface area contributed by atoms with Gasteiger partial charge in [0.05, 0.1) is 11.9 Å². The Morgan fingerprint density at radius 2 is 1.80 bits per heavy atom. The van der Waals surface area contributed by atoms with Gasteiger partial charge in [0.15, 0.2) is 17.5 Å². The van der Waals surface area contributed by atoms with E-state index in [0.29, 0.717) is 98.8 Å². The number of benzene rings is 1. The van der Waals surface area contributed by atoms with Gasteiger partial charge in [-0.3, -0.25) is 14.6 Å². The number of nitrogens with zero attached hydrogens (tertiary/aromatic N) is 2. The van der Waals surface area contributed by atoms with Crippen molar-refractivity contribution in [2.24, 2.45) is 39.1 Å². The Labute approximate surface area is 394 Å². The standard InChI is InChI=1S/C51H74N6O6S2/c1-33(58)62-40-14-11-37-27-38(46(61)47-42(37)17-12-36-6-4-7-43(36)63-47)31-57-32-49(30-45(57)60,29-35-18-24-54-44(52)26-35)23-25-55-48(53)56-51(22-5-21-50(51)19-2-3-20-50)65-64-41-15-9-34(10-16-41)8-13-39(59)28-40/h12,17-18,26-27,34,36,39-41,43,54,59,61H,2-11,13-16,19-25,28-32,52H2,1H3,(H3,53,55,56). The summed E-state index contributed by atoms with van der Waals surface area (Å²) in [6.45, 7) is 3.30. The summed E-state index contributed by atoms with van der Waals surface area (Å²) < 4.78 is 12.6. The van der Waals surface area contributed by atoms with Crippen LogP contribution < -0.4 is 26.8 Å². The third-order valence-corrected chi connectivity index (χ3v) is 20.4. The molecule has 6 atom stereocenters. The van der Waals surface area contributed by atoms with Crippen LogP contribution in [0.25, 0.3) is 6.08 Å². The van der Waals surface area contributed by atoms with E-state index < -0.39 is 17.6 Å². The van der Waals surface area contributed by atoms with E-state index in [1.54, 1.807) is 0 Å². The van der Waals surface area contributed by atoms with Gasteiger partial charge in [0.25, 0.3) is 0 Å². The highest BCUT2D eigenvalue weighted by atomic mass is 33.1. The van der Waals surface area contributed by atoms with Crippen LogP contribution in [0.2, 0.25) is 0 Å². The molecular weight excluding hydrogens is 857 g/mol. The van der Waals surface area contributed by atoms with E-state index in [0.717, 1.165) is 61.6 Å². The summed E-state index contributed by atoms with van der Waals surface area (Å²) in [5.74, 6) is 2.22. The lowest BCUT2D eigenvalue weighted by atomic mass is 9.77. The Morgan fingerprint density at radius 1 is 1.00 bits per heavy atom. The second kappa shape index (κ2) is 20.0. The van der Waals surface area contributed by atoms with Crippen molar-refractivity contribution in [2.75, 3.05) is 19.6 Å². The molecule has 1 aromatic carbocycles. The zero-order valence-electron chi connectivity index (χ0n) is 38.6. The lowest BCUT2D eigenvalue weighted by Crippen LogP contribution is -2.55. The Balaban J connectivity index is 1.04. The van der Waals surface area contributed by atoms with Gasteiger partial charge in [0.2, 0.25) is 5.91 Å². The van der Waals surface area contributed by atoms with E-state index in [-0.39, 0.29) is 46.5 Å². The number of aromatic hydroxyl groups is 1. The highest BCUT2D eigenvalue weighted by Crippen LogP contribution is 2.64. The van der Waals surface area contributed by atoms with Crippen LogP contribution in [-0.2, 0) is 27.3 Å². The zero-order chi connectivity index (χ0) is 45.2. The number of aliphatic imine (C=N–C) groups is 1. The number of fused-ring (bicyclic) bond motifs is 14. The van der Waals surface area contributed by atoms with Crippen LogP contribution >= 0.6 is 21.6 Å². The molecule has 5 aliphatic heterocycles. The summed E-state index contributed by atoms with van der Waals surface area (Å²) in [7, 11) is 4.12. The molecule has 65 heavy (non-hydrogen) atoms. The molecule has 9 aliphatic rings. The molecule has 0 aromatic heterocycles. The number of esters is 1. The molecule has 4 aliphatic carbocycles. The number of hydrogen-bond acceptors (Lipinski definition) is 13. The maximum Gasteiger partial charge on any atom is 0.302 e. The first-order valence-electron chi connectivity index (χ1n) is 25.1. The van der Waals surface area contributed by atoms with Gasteiger partial charge in [-0.15, -0.1) is 0 Å². The maximum atomic E-state index is 14.3. The quantitative estimate of drug-likeness (QED) is 0.126. The minimum Gasteiger partial charge on any atom is -0.504 e. The highest BCUT2D eigenvalue weighted by Gasteiger charge is 2.57. The van der Waals surface area contributed by atoms with Crippen molar-refractivity contribution in [3.05, 3.63) is 52.4 Å². The third-order valence-electron chi connectivity index (χ3n) is 16.6. The maximum absolute atomic E-state index is 14.3. The molecule has 1 aromatic rings. The van der Waals surface area contributed by atoms with Crippen molar-refractivity contribution in [2.45, 2.75) is 183 Å². The van der Waals surface area contributed by atoms with E-state index in [4.69, 9.17) is 25.9 Å². The molecule has 1 amide bonds. The number of phenols is 1. The number of rotatable bonds is 3. The number of allylic oxidation sites excluding steroid dienone is 2. The van der Waals surface area contributed by atoms with Crippen LogP contribution in [0.1, 0.15) is 158 Å². The second-order valence-electron chi connectivity index (χ2n) is 21.1. The topological polar surface area (TPSA) is 185 Å². The van der Waals surface area contributed by atoms with Gasteiger partial charge in [-0.1, -0.05) is 52.7 Å². The molecule has 5 fully saturated rings. The van der Waals surface area contributed by atoms with E-state index in [1.165, 1.54) is 58.3 Å².